The normalized spacial score (nSPS) is 23.7. The highest BCUT2D eigenvalue weighted by Gasteiger charge is 2.37. The number of aryl methyl sites for hydroxylation is 2. The Morgan fingerprint density at radius 2 is 1.76 bits per heavy atom. The van der Waals surface area contributed by atoms with Crippen LogP contribution in [0, 0.1) is 19.7 Å². The van der Waals surface area contributed by atoms with E-state index in [1.807, 2.05) is 18.7 Å². The van der Waals surface area contributed by atoms with Crippen molar-refractivity contribution >= 4 is 27.0 Å². The first kappa shape index (κ1) is 20.7. The van der Waals surface area contributed by atoms with Crippen molar-refractivity contribution in [1.29, 1.82) is 0 Å². The first-order chi connectivity index (χ1) is 13.8. The van der Waals surface area contributed by atoms with Crippen molar-refractivity contribution in [2.75, 3.05) is 31.1 Å². The zero-order valence-electron chi connectivity index (χ0n) is 16.9. The predicted molar refractivity (Wildman–Crippen MR) is 114 cm³/mol. The molecule has 158 valence electrons. The summed E-state index contributed by atoms with van der Waals surface area (Å²) in [5.74, 6) is -0.274. The Kier molecular flexibility index (Phi) is 5.69. The summed E-state index contributed by atoms with van der Waals surface area (Å²) in [5.41, 5.74) is 7.87. The Bertz CT molecular complexity index is 1000. The Morgan fingerprint density at radius 1 is 1.07 bits per heavy atom. The molecule has 6 nitrogen and oxygen atoms in total. The van der Waals surface area contributed by atoms with Crippen molar-refractivity contribution in [1.82, 2.24) is 15.2 Å². The average Bonchev–Trinajstić information content (AvgIpc) is 3.24. The number of nitrogens with one attached hydrogen (secondary N) is 2. The van der Waals surface area contributed by atoms with E-state index in [1.165, 1.54) is 6.07 Å². The third kappa shape index (κ3) is 3.82. The summed E-state index contributed by atoms with van der Waals surface area (Å²) in [6, 6.07) is 6.92. The van der Waals surface area contributed by atoms with Gasteiger partial charge in [-0.2, -0.15) is 4.31 Å². The van der Waals surface area contributed by atoms with Crippen LogP contribution >= 0.6 is 11.3 Å². The maximum absolute atomic E-state index is 14.1. The van der Waals surface area contributed by atoms with Gasteiger partial charge in [0.05, 0.1) is 11.7 Å². The molecule has 2 aliphatic rings. The summed E-state index contributed by atoms with van der Waals surface area (Å²) in [7, 11) is -3.62. The Balaban J connectivity index is 1.58. The number of halogens is 1. The van der Waals surface area contributed by atoms with E-state index in [9.17, 15) is 12.8 Å². The van der Waals surface area contributed by atoms with Gasteiger partial charge < -0.3 is 4.90 Å². The van der Waals surface area contributed by atoms with Crippen molar-refractivity contribution in [3.05, 3.63) is 45.4 Å². The van der Waals surface area contributed by atoms with E-state index in [4.69, 9.17) is 0 Å². The van der Waals surface area contributed by atoms with Gasteiger partial charge in [0.25, 0.3) is 0 Å². The van der Waals surface area contributed by atoms with Crippen LogP contribution in [0.3, 0.4) is 0 Å². The summed E-state index contributed by atoms with van der Waals surface area (Å²) in [5, 5.41) is 0. The smallest absolute Gasteiger partial charge is 0.244 e. The molecule has 3 heterocycles. The number of thiophene rings is 1. The second kappa shape index (κ2) is 7.96. The van der Waals surface area contributed by atoms with E-state index < -0.39 is 10.0 Å². The minimum Gasteiger partial charge on any atom is -0.367 e. The van der Waals surface area contributed by atoms with Crippen molar-refractivity contribution in [3.63, 3.8) is 0 Å². The fourth-order valence-electron chi connectivity index (χ4n) is 4.32. The molecule has 0 aliphatic carbocycles. The molecule has 2 N–H and O–H groups in total. The van der Waals surface area contributed by atoms with Gasteiger partial charge in [-0.05, 0) is 39.3 Å². The van der Waals surface area contributed by atoms with E-state index in [2.05, 4.69) is 17.8 Å². The fraction of sp³-hybridized carbons (Fsp3) is 0.500. The number of hydrogen-bond acceptors (Lipinski definition) is 6. The Morgan fingerprint density at radius 3 is 2.38 bits per heavy atom. The first-order valence-electron chi connectivity index (χ1n) is 9.89. The number of piperazine rings is 1. The third-order valence-electron chi connectivity index (χ3n) is 5.72. The first-order valence-corrected chi connectivity index (χ1v) is 12.1. The topological polar surface area (TPSA) is 64.7 Å². The SMILES string of the molecule is Cc1sc(C)c(S(=O)(=O)N2CCN(c3ccccc3F)CC2)c1C1CC(C)NN1. The van der Waals surface area contributed by atoms with Crippen LogP contribution in [0.15, 0.2) is 29.2 Å². The highest BCUT2D eigenvalue weighted by molar-refractivity contribution is 7.89. The lowest BCUT2D eigenvalue weighted by Crippen LogP contribution is -2.49. The highest BCUT2D eigenvalue weighted by atomic mass is 32.2. The fourth-order valence-corrected chi connectivity index (χ4v) is 7.68. The molecule has 0 bridgehead atoms. The lowest BCUT2D eigenvalue weighted by molar-refractivity contribution is 0.382. The standard InChI is InChI=1S/C20H27FN4O2S2/c1-13-12-17(23-22-13)19-14(2)28-15(3)20(19)29(26,27)25-10-8-24(9-11-25)18-7-5-4-6-16(18)21/h4-7,13,17,22-23H,8-12H2,1-3H3. The molecule has 2 saturated heterocycles. The van der Waals surface area contributed by atoms with E-state index >= 15 is 0 Å². The number of sulfonamides is 1. The molecule has 4 rings (SSSR count). The lowest BCUT2D eigenvalue weighted by Gasteiger charge is -2.35. The second-order valence-corrected chi connectivity index (χ2v) is 11.1. The van der Waals surface area contributed by atoms with Crippen LogP contribution in [0.2, 0.25) is 0 Å². The number of anilines is 1. The minimum atomic E-state index is -3.62. The lowest BCUT2D eigenvalue weighted by atomic mass is 10.0. The van der Waals surface area contributed by atoms with E-state index in [0.717, 1.165) is 21.7 Å². The summed E-state index contributed by atoms with van der Waals surface area (Å²) in [6.07, 6.45) is 0.848. The minimum absolute atomic E-state index is 0.0144. The largest absolute Gasteiger partial charge is 0.367 e. The molecule has 1 aromatic heterocycles. The summed E-state index contributed by atoms with van der Waals surface area (Å²) >= 11 is 1.54. The number of hydrazine groups is 1. The van der Waals surface area contributed by atoms with Crippen LogP contribution in [0.1, 0.15) is 34.7 Å². The number of nitrogens with zero attached hydrogens (tertiary/aromatic N) is 2. The maximum atomic E-state index is 14.1. The van der Waals surface area contributed by atoms with Gasteiger partial charge in [0.2, 0.25) is 10.0 Å². The molecule has 29 heavy (non-hydrogen) atoms. The molecule has 2 unspecified atom stereocenters. The number of rotatable bonds is 4. The van der Waals surface area contributed by atoms with Crippen LogP contribution in [-0.4, -0.2) is 44.9 Å². The number of para-hydroxylation sites is 1. The van der Waals surface area contributed by atoms with Gasteiger partial charge in [0, 0.05) is 47.5 Å². The molecule has 1 aromatic carbocycles. The van der Waals surface area contributed by atoms with Crippen molar-refractivity contribution in [3.8, 4) is 0 Å². The van der Waals surface area contributed by atoms with Crippen LogP contribution < -0.4 is 15.8 Å². The molecule has 2 atom stereocenters. The van der Waals surface area contributed by atoms with E-state index in [0.29, 0.717) is 42.8 Å². The van der Waals surface area contributed by atoms with Crippen LogP contribution in [-0.2, 0) is 10.0 Å². The molecule has 0 radical (unpaired) electrons. The number of hydrogen-bond donors (Lipinski definition) is 2. The van der Waals surface area contributed by atoms with Gasteiger partial charge in [-0.1, -0.05) is 12.1 Å². The molecular weight excluding hydrogens is 411 g/mol. The summed E-state index contributed by atoms with van der Waals surface area (Å²) in [4.78, 5) is 4.24. The summed E-state index contributed by atoms with van der Waals surface area (Å²) < 4.78 is 42.8. The molecule has 0 saturated carbocycles. The van der Waals surface area contributed by atoms with Crippen molar-refractivity contribution in [2.45, 2.75) is 44.2 Å². The van der Waals surface area contributed by atoms with Gasteiger partial charge in [0.15, 0.2) is 0 Å². The van der Waals surface area contributed by atoms with Crippen LogP contribution in [0.5, 0.6) is 0 Å². The van der Waals surface area contributed by atoms with Gasteiger partial charge in [-0.15, -0.1) is 11.3 Å². The summed E-state index contributed by atoms with van der Waals surface area (Å²) in [6.45, 7) is 7.59. The molecule has 0 spiro atoms. The van der Waals surface area contributed by atoms with Crippen LogP contribution in [0.4, 0.5) is 10.1 Å². The maximum Gasteiger partial charge on any atom is 0.244 e. The highest BCUT2D eigenvalue weighted by Crippen LogP contribution is 2.39. The molecule has 0 amide bonds. The molecule has 2 aromatic rings. The second-order valence-electron chi connectivity index (χ2n) is 7.78. The van der Waals surface area contributed by atoms with Gasteiger partial charge in [-0.25, -0.2) is 18.2 Å². The van der Waals surface area contributed by atoms with Gasteiger partial charge in [-0.3, -0.25) is 5.43 Å². The van der Waals surface area contributed by atoms with Gasteiger partial charge in [0.1, 0.15) is 10.7 Å². The molecule has 2 fully saturated rings. The van der Waals surface area contributed by atoms with E-state index in [-0.39, 0.29) is 11.9 Å². The van der Waals surface area contributed by atoms with Crippen LogP contribution in [0.25, 0.3) is 0 Å². The third-order valence-corrected chi connectivity index (χ3v) is 8.97. The molecule has 2 aliphatic heterocycles. The predicted octanol–water partition coefficient (Wildman–Crippen LogP) is 2.94. The Hall–Kier alpha value is -1.52. The quantitative estimate of drug-likeness (QED) is 0.769. The molecule has 9 heteroatoms. The monoisotopic (exact) mass is 438 g/mol. The Labute approximate surface area is 175 Å². The van der Waals surface area contributed by atoms with Crippen molar-refractivity contribution < 1.29 is 12.8 Å². The average molecular weight is 439 g/mol. The number of benzene rings is 1. The van der Waals surface area contributed by atoms with E-state index in [1.54, 1.807) is 33.8 Å². The molecular formula is C20H27FN4O2S2. The zero-order valence-corrected chi connectivity index (χ0v) is 18.5. The zero-order chi connectivity index (χ0) is 20.8. The van der Waals surface area contributed by atoms with Gasteiger partial charge >= 0.3 is 0 Å². The van der Waals surface area contributed by atoms with Crippen molar-refractivity contribution in [2.24, 2.45) is 0 Å².